The van der Waals surface area contributed by atoms with Crippen LogP contribution in [0, 0.1) is 0 Å². The Balaban J connectivity index is 1.19. The molecular weight excluding hydrogens is 402 g/mol. The lowest BCUT2D eigenvalue weighted by molar-refractivity contribution is -0.116. The van der Waals surface area contributed by atoms with Gasteiger partial charge in [0.1, 0.15) is 0 Å². The fourth-order valence-corrected chi connectivity index (χ4v) is 3.95. The third-order valence-electron chi connectivity index (χ3n) is 5.58. The van der Waals surface area contributed by atoms with Crippen molar-refractivity contribution < 1.29 is 14.4 Å². The Hall–Kier alpha value is -3.80. The lowest BCUT2D eigenvalue weighted by atomic mass is 9.94. The Morgan fingerprint density at radius 3 is 2.31 bits per heavy atom. The molecule has 0 unspecified atom stereocenters. The van der Waals surface area contributed by atoms with E-state index in [4.69, 9.17) is 0 Å². The van der Waals surface area contributed by atoms with E-state index in [1.54, 1.807) is 30.6 Å². The van der Waals surface area contributed by atoms with Gasteiger partial charge in [-0.3, -0.25) is 24.3 Å². The van der Waals surface area contributed by atoms with Crippen LogP contribution in [0.4, 0.5) is 0 Å². The molecule has 0 saturated heterocycles. The molecule has 3 amide bonds. The molecule has 1 aliphatic heterocycles. The number of pyridine rings is 1. The lowest BCUT2D eigenvalue weighted by Crippen LogP contribution is -2.40. The highest BCUT2D eigenvalue weighted by Gasteiger charge is 2.31. The van der Waals surface area contributed by atoms with Crippen molar-refractivity contribution in [2.45, 2.75) is 25.7 Å². The zero-order valence-corrected chi connectivity index (χ0v) is 17.8. The smallest absolute Gasteiger partial charge is 0.261 e. The van der Waals surface area contributed by atoms with Gasteiger partial charge in [-0.15, -0.1) is 0 Å². The SMILES string of the molecule is O=C(C=Cc1cccnc1)NCCCCCCN1C(=O)c2cccc3cccc(c23)C1=O. The summed E-state index contributed by atoms with van der Waals surface area (Å²) in [4.78, 5) is 43.0. The normalized spacial score (nSPS) is 13.2. The van der Waals surface area contributed by atoms with Crippen LogP contribution in [-0.2, 0) is 4.79 Å². The van der Waals surface area contributed by atoms with E-state index in [0.29, 0.717) is 24.2 Å². The molecule has 1 aromatic heterocycles. The van der Waals surface area contributed by atoms with Gasteiger partial charge < -0.3 is 5.32 Å². The van der Waals surface area contributed by atoms with Crippen LogP contribution < -0.4 is 5.32 Å². The number of nitrogens with zero attached hydrogens (tertiary/aromatic N) is 2. The van der Waals surface area contributed by atoms with Crippen LogP contribution in [0.2, 0.25) is 0 Å². The molecule has 0 bridgehead atoms. The van der Waals surface area contributed by atoms with Crippen molar-refractivity contribution in [3.63, 3.8) is 0 Å². The summed E-state index contributed by atoms with van der Waals surface area (Å²) in [7, 11) is 0. The van der Waals surface area contributed by atoms with Gasteiger partial charge in [-0.05, 0) is 48.1 Å². The van der Waals surface area contributed by atoms with Crippen LogP contribution in [-0.4, -0.2) is 40.7 Å². The van der Waals surface area contributed by atoms with Gasteiger partial charge in [0.15, 0.2) is 0 Å². The first-order valence-corrected chi connectivity index (χ1v) is 10.9. The number of carbonyl (C=O) groups is 3. The van der Waals surface area contributed by atoms with Crippen LogP contribution in [0.15, 0.2) is 67.0 Å². The first-order chi connectivity index (χ1) is 15.6. The summed E-state index contributed by atoms with van der Waals surface area (Å²) >= 11 is 0. The summed E-state index contributed by atoms with van der Waals surface area (Å²) in [5.74, 6) is -0.565. The van der Waals surface area contributed by atoms with Crippen molar-refractivity contribution in [1.29, 1.82) is 0 Å². The first-order valence-electron chi connectivity index (χ1n) is 10.9. The number of hydrogen-bond acceptors (Lipinski definition) is 4. The van der Waals surface area contributed by atoms with Crippen molar-refractivity contribution in [3.8, 4) is 0 Å². The Kier molecular flexibility index (Phi) is 6.70. The second kappa shape index (κ2) is 10.0. The average molecular weight is 428 g/mol. The molecule has 162 valence electrons. The molecular formula is C26H25N3O3. The van der Waals surface area contributed by atoms with Gasteiger partial charge in [-0.2, -0.15) is 0 Å². The van der Waals surface area contributed by atoms with Gasteiger partial charge in [0, 0.05) is 48.1 Å². The molecule has 6 heteroatoms. The summed E-state index contributed by atoms with van der Waals surface area (Å²) < 4.78 is 0. The number of carbonyl (C=O) groups excluding carboxylic acids is 3. The minimum Gasteiger partial charge on any atom is -0.353 e. The van der Waals surface area contributed by atoms with E-state index in [0.717, 1.165) is 42.0 Å². The summed E-state index contributed by atoms with van der Waals surface area (Å²) in [6.07, 6.45) is 9.99. The van der Waals surface area contributed by atoms with Crippen LogP contribution in [0.25, 0.3) is 16.8 Å². The van der Waals surface area contributed by atoms with Crippen molar-refractivity contribution in [2.24, 2.45) is 0 Å². The van der Waals surface area contributed by atoms with Gasteiger partial charge in [0.2, 0.25) is 5.91 Å². The Morgan fingerprint density at radius 2 is 1.62 bits per heavy atom. The Labute approximate surface area is 187 Å². The summed E-state index contributed by atoms with van der Waals surface area (Å²) in [6, 6.07) is 14.8. The number of unbranched alkanes of at least 4 members (excludes halogenated alkanes) is 3. The molecule has 2 heterocycles. The largest absolute Gasteiger partial charge is 0.353 e. The predicted molar refractivity (Wildman–Crippen MR) is 124 cm³/mol. The van der Waals surface area contributed by atoms with Crippen molar-refractivity contribution in [2.75, 3.05) is 13.1 Å². The van der Waals surface area contributed by atoms with E-state index in [9.17, 15) is 14.4 Å². The van der Waals surface area contributed by atoms with E-state index >= 15 is 0 Å². The van der Waals surface area contributed by atoms with Crippen LogP contribution in [0.5, 0.6) is 0 Å². The van der Waals surface area contributed by atoms with Crippen LogP contribution >= 0.6 is 0 Å². The molecule has 0 radical (unpaired) electrons. The maximum Gasteiger partial charge on any atom is 0.261 e. The van der Waals surface area contributed by atoms with Gasteiger partial charge >= 0.3 is 0 Å². The number of amides is 3. The first kappa shape index (κ1) is 21.4. The summed E-state index contributed by atoms with van der Waals surface area (Å²) in [6.45, 7) is 0.996. The summed E-state index contributed by atoms with van der Waals surface area (Å²) in [5, 5.41) is 4.54. The molecule has 1 N–H and O–H groups in total. The molecule has 0 aliphatic carbocycles. The molecule has 2 aromatic carbocycles. The number of imide groups is 1. The monoisotopic (exact) mass is 427 g/mol. The summed E-state index contributed by atoms with van der Waals surface area (Å²) in [5.41, 5.74) is 2.07. The van der Waals surface area contributed by atoms with Crippen molar-refractivity contribution >= 4 is 34.6 Å². The molecule has 0 saturated carbocycles. The topological polar surface area (TPSA) is 79.4 Å². The van der Waals surface area contributed by atoms with Gasteiger partial charge in [0.25, 0.3) is 11.8 Å². The molecule has 6 nitrogen and oxygen atoms in total. The van der Waals surface area contributed by atoms with Crippen LogP contribution in [0.3, 0.4) is 0 Å². The zero-order chi connectivity index (χ0) is 22.3. The quantitative estimate of drug-likeness (QED) is 0.315. The number of nitrogens with one attached hydrogen (secondary N) is 1. The third kappa shape index (κ3) is 4.75. The highest BCUT2D eigenvalue weighted by Crippen LogP contribution is 2.30. The van der Waals surface area contributed by atoms with E-state index < -0.39 is 0 Å². The maximum absolute atomic E-state index is 12.9. The molecule has 1 aliphatic rings. The molecule has 32 heavy (non-hydrogen) atoms. The Bertz CT molecular complexity index is 1120. The van der Waals surface area contributed by atoms with Gasteiger partial charge in [-0.1, -0.05) is 43.2 Å². The van der Waals surface area contributed by atoms with Crippen molar-refractivity contribution in [3.05, 3.63) is 83.7 Å². The molecule has 0 spiro atoms. The number of aromatic nitrogens is 1. The maximum atomic E-state index is 12.9. The second-order valence-electron chi connectivity index (χ2n) is 7.80. The van der Waals surface area contributed by atoms with E-state index in [2.05, 4.69) is 10.3 Å². The minimum absolute atomic E-state index is 0.133. The van der Waals surface area contributed by atoms with Crippen LogP contribution in [0.1, 0.15) is 52.0 Å². The molecule has 3 aromatic rings. The number of rotatable bonds is 9. The second-order valence-corrected chi connectivity index (χ2v) is 7.80. The van der Waals surface area contributed by atoms with E-state index in [-0.39, 0.29) is 17.7 Å². The van der Waals surface area contributed by atoms with Gasteiger partial charge in [-0.25, -0.2) is 0 Å². The third-order valence-corrected chi connectivity index (χ3v) is 5.58. The zero-order valence-electron chi connectivity index (χ0n) is 17.8. The van der Waals surface area contributed by atoms with E-state index in [1.807, 2.05) is 36.4 Å². The standard InChI is InChI=1S/C26H25N3O3/c30-23(14-13-19-8-7-15-27-18-19)28-16-3-1-2-4-17-29-25(31)21-11-5-9-20-10-6-12-22(24(20)21)26(29)32/h5-15,18H,1-4,16-17H2,(H,28,30). The molecule has 0 atom stereocenters. The highest BCUT2D eigenvalue weighted by atomic mass is 16.2. The van der Waals surface area contributed by atoms with Gasteiger partial charge in [0.05, 0.1) is 0 Å². The van der Waals surface area contributed by atoms with E-state index in [1.165, 1.54) is 11.0 Å². The Morgan fingerprint density at radius 1 is 0.906 bits per heavy atom. The minimum atomic E-state index is -0.216. The highest BCUT2D eigenvalue weighted by molar-refractivity contribution is 6.25. The fourth-order valence-electron chi connectivity index (χ4n) is 3.95. The lowest BCUT2D eigenvalue weighted by Gasteiger charge is -2.27. The number of hydrogen-bond donors (Lipinski definition) is 1. The average Bonchev–Trinajstić information content (AvgIpc) is 2.83. The van der Waals surface area contributed by atoms with Crippen molar-refractivity contribution in [1.82, 2.24) is 15.2 Å². The fraction of sp³-hybridized carbons (Fsp3) is 0.231. The molecule has 4 rings (SSSR count). The molecule has 0 fully saturated rings. The number of benzene rings is 2. The predicted octanol–water partition coefficient (Wildman–Crippen LogP) is 4.22.